The lowest BCUT2D eigenvalue weighted by molar-refractivity contribution is -0.122. The van der Waals surface area contributed by atoms with Gasteiger partial charge in [0.15, 0.2) is 0 Å². The SMILES string of the molecule is COC(=O)c1c(C)[nH]c(C(=O)N2CCC(CC(=O)NC[C@@H]3CCCO3)CC2)c1C. The van der Waals surface area contributed by atoms with E-state index in [0.717, 1.165) is 32.3 Å². The predicted octanol–water partition coefficient (Wildman–Crippen LogP) is 1.96. The van der Waals surface area contributed by atoms with E-state index in [-0.39, 0.29) is 23.8 Å². The fraction of sp³-hybridized carbons (Fsp3) is 0.667. The van der Waals surface area contributed by atoms with Crippen LogP contribution in [0.3, 0.4) is 0 Å². The third-order valence-electron chi connectivity index (χ3n) is 5.97. The molecule has 2 aliphatic heterocycles. The number of ether oxygens (including phenoxy) is 2. The Hall–Kier alpha value is -2.35. The molecule has 0 unspecified atom stereocenters. The Bertz CT molecular complexity index is 759. The van der Waals surface area contributed by atoms with Crippen molar-refractivity contribution in [3.63, 3.8) is 0 Å². The molecule has 0 aromatic carbocycles. The first-order valence-electron chi connectivity index (χ1n) is 10.4. The van der Waals surface area contributed by atoms with Gasteiger partial charge in [0.05, 0.1) is 18.8 Å². The van der Waals surface area contributed by atoms with Crippen LogP contribution in [0.4, 0.5) is 0 Å². The molecule has 0 bridgehead atoms. The lowest BCUT2D eigenvalue weighted by Crippen LogP contribution is -2.40. The number of hydrogen-bond donors (Lipinski definition) is 2. The van der Waals surface area contributed by atoms with Crippen LogP contribution >= 0.6 is 0 Å². The first-order chi connectivity index (χ1) is 13.9. The number of aromatic nitrogens is 1. The van der Waals surface area contributed by atoms with E-state index in [1.54, 1.807) is 18.7 Å². The minimum Gasteiger partial charge on any atom is -0.465 e. The Morgan fingerprint density at radius 3 is 2.55 bits per heavy atom. The first-order valence-corrected chi connectivity index (χ1v) is 10.4. The second-order valence-corrected chi connectivity index (χ2v) is 8.00. The second-order valence-electron chi connectivity index (χ2n) is 8.00. The molecule has 3 heterocycles. The van der Waals surface area contributed by atoms with E-state index in [2.05, 4.69) is 10.3 Å². The maximum Gasteiger partial charge on any atom is 0.339 e. The zero-order chi connectivity index (χ0) is 21.0. The normalized spacial score (nSPS) is 20.0. The lowest BCUT2D eigenvalue weighted by Gasteiger charge is -2.31. The van der Waals surface area contributed by atoms with Gasteiger partial charge in [0.2, 0.25) is 5.91 Å². The molecule has 2 amide bonds. The number of H-pyrrole nitrogens is 1. The van der Waals surface area contributed by atoms with Gasteiger partial charge in [0.1, 0.15) is 5.69 Å². The number of amides is 2. The van der Waals surface area contributed by atoms with Crippen molar-refractivity contribution in [2.24, 2.45) is 5.92 Å². The van der Waals surface area contributed by atoms with Crippen LogP contribution in [0.25, 0.3) is 0 Å². The number of hydrogen-bond acceptors (Lipinski definition) is 5. The van der Waals surface area contributed by atoms with Crippen LogP contribution in [0.15, 0.2) is 0 Å². The highest BCUT2D eigenvalue weighted by molar-refractivity contribution is 6.00. The number of methoxy groups -OCH3 is 1. The van der Waals surface area contributed by atoms with Crippen LogP contribution in [0.2, 0.25) is 0 Å². The van der Waals surface area contributed by atoms with Crippen LogP contribution in [-0.2, 0) is 14.3 Å². The van der Waals surface area contributed by atoms with E-state index in [0.29, 0.717) is 48.6 Å². The fourth-order valence-corrected chi connectivity index (χ4v) is 4.24. The van der Waals surface area contributed by atoms with Crippen LogP contribution in [-0.4, -0.2) is 67.1 Å². The summed E-state index contributed by atoms with van der Waals surface area (Å²) in [5.74, 6) is -0.213. The number of rotatable bonds is 6. The van der Waals surface area contributed by atoms with Gasteiger partial charge < -0.3 is 24.7 Å². The highest BCUT2D eigenvalue weighted by Crippen LogP contribution is 2.25. The Balaban J connectivity index is 1.49. The Morgan fingerprint density at radius 2 is 1.93 bits per heavy atom. The van der Waals surface area contributed by atoms with Crippen LogP contribution < -0.4 is 5.32 Å². The van der Waals surface area contributed by atoms with E-state index in [1.807, 2.05) is 0 Å². The number of carbonyl (C=O) groups is 3. The van der Waals surface area contributed by atoms with Crippen molar-refractivity contribution < 1.29 is 23.9 Å². The molecule has 2 N–H and O–H groups in total. The number of esters is 1. The fourth-order valence-electron chi connectivity index (χ4n) is 4.24. The summed E-state index contributed by atoms with van der Waals surface area (Å²) >= 11 is 0. The second kappa shape index (κ2) is 9.43. The zero-order valence-corrected chi connectivity index (χ0v) is 17.5. The molecule has 8 nitrogen and oxygen atoms in total. The molecular formula is C21H31N3O5. The summed E-state index contributed by atoms with van der Waals surface area (Å²) in [6, 6.07) is 0. The quantitative estimate of drug-likeness (QED) is 0.705. The Kier molecular flexibility index (Phi) is 6.95. The van der Waals surface area contributed by atoms with E-state index in [9.17, 15) is 14.4 Å². The smallest absolute Gasteiger partial charge is 0.339 e. The van der Waals surface area contributed by atoms with Crippen LogP contribution in [0.1, 0.15) is 64.2 Å². The number of likely N-dealkylation sites (tertiary alicyclic amines) is 1. The number of aryl methyl sites for hydroxylation is 1. The third kappa shape index (κ3) is 4.98. The molecule has 1 aromatic rings. The van der Waals surface area contributed by atoms with Gasteiger partial charge in [-0.15, -0.1) is 0 Å². The molecule has 0 radical (unpaired) electrons. The van der Waals surface area contributed by atoms with Gasteiger partial charge >= 0.3 is 5.97 Å². The minimum atomic E-state index is -0.442. The number of carbonyl (C=O) groups excluding carboxylic acids is 3. The largest absolute Gasteiger partial charge is 0.465 e. The number of piperidine rings is 1. The van der Waals surface area contributed by atoms with Gasteiger partial charge in [-0.2, -0.15) is 0 Å². The van der Waals surface area contributed by atoms with Gasteiger partial charge in [0.25, 0.3) is 5.91 Å². The molecule has 29 heavy (non-hydrogen) atoms. The summed E-state index contributed by atoms with van der Waals surface area (Å²) in [5, 5.41) is 2.97. The lowest BCUT2D eigenvalue weighted by atomic mass is 9.93. The summed E-state index contributed by atoms with van der Waals surface area (Å²) in [7, 11) is 1.33. The maximum atomic E-state index is 12.9. The molecule has 2 saturated heterocycles. The molecule has 0 aliphatic carbocycles. The summed E-state index contributed by atoms with van der Waals surface area (Å²) in [4.78, 5) is 41.9. The van der Waals surface area contributed by atoms with E-state index in [4.69, 9.17) is 9.47 Å². The Labute approximate surface area is 171 Å². The van der Waals surface area contributed by atoms with E-state index < -0.39 is 5.97 Å². The minimum absolute atomic E-state index is 0.0591. The maximum absolute atomic E-state index is 12.9. The average molecular weight is 405 g/mol. The molecule has 2 fully saturated rings. The van der Waals surface area contributed by atoms with E-state index >= 15 is 0 Å². The molecule has 0 saturated carbocycles. The van der Waals surface area contributed by atoms with Crippen molar-refractivity contribution in [2.45, 2.75) is 52.1 Å². The van der Waals surface area contributed by atoms with Crippen molar-refractivity contribution in [3.05, 3.63) is 22.5 Å². The van der Waals surface area contributed by atoms with Gasteiger partial charge in [0, 0.05) is 38.4 Å². The topological polar surface area (TPSA) is 101 Å². The molecule has 3 rings (SSSR count). The average Bonchev–Trinajstić information content (AvgIpc) is 3.33. The zero-order valence-electron chi connectivity index (χ0n) is 17.5. The highest BCUT2D eigenvalue weighted by atomic mass is 16.5. The predicted molar refractivity (Wildman–Crippen MR) is 107 cm³/mol. The number of nitrogens with zero attached hydrogens (tertiary/aromatic N) is 1. The summed E-state index contributed by atoms with van der Waals surface area (Å²) in [5.41, 5.74) is 2.12. The number of aromatic amines is 1. The monoisotopic (exact) mass is 405 g/mol. The molecule has 8 heteroatoms. The summed E-state index contributed by atoms with van der Waals surface area (Å²) in [6.07, 6.45) is 4.30. The van der Waals surface area contributed by atoms with Crippen LogP contribution in [0.5, 0.6) is 0 Å². The van der Waals surface area contributed by atoms with Crippen molar-refractivity contribution in [3.8, 4) is 0 Å². The van der Waals surface area contributed by atoms with Gasteiger partial charge in [-0.3, -0.25) is 9.59 Å². The van der Waals surface area contributed by atoms with Gasteiger partial charge in [-0.1, -0.05) is 0 Å². The van der Waals surface area contributed by atoms with Crippen molar-refractivity contribution in [2.75, 3.05) is 33.4 Å². The molecule has 1 atom stereocenters. The van der Waals surface area contributed by atoms with Crippen molar-refractivity contribution in [1.82, 2.24) is 15.2 Å². The van der Waals surface area contributed by atoms with E-state index in [1.165, 1.54) is 7.11 Å². The molecular weight excluding hydrogens is 374 g/mol. The molecule has 1 aromatic heterocycles. The molecule has 160 valence electrons. The van der Waals surface area contributed by atoms with Crippen molar-refractivity contribution >= 4 is 17.8 Å². The van der Waals surface area contributed by atoms with Crippen molar-refractivity contribution in [1.29, 1.82) is 0 Å². The Morgan fingerprint density at radius 1 is 1.21 bits per heavy atom. The molecule has 2 aliphatic rings. The summed E-state index contributed by atoms with van der Waals surface area (Å²) < 4.78 is 10.3. The van der Waals surface area contributed by atoms with Gasteiger partial charge in [-0.25, -0.2) is 4.79 Å². The standard InChI is InChI=1S/C21H31N3O5/c1-13-18(21(27)28-3)14(2)23-19(13)20(26)24-8-6-15(7-9-24)11-17(25)22-12-16-5-4-10-29-16/h15-16,23H,4-12H2,1-3H3,(H,22,25)/t16-/m0/s1. The van der Waals surface area contributed by atoms with Crippen LogP contribution in [0, 0.1) is 19.8 Å². The molecule has 0 spiro atoms. The number of nitrogens with one attached hydrogen (secondary N) is 2. The third-order valence-corrected chi connectivity index (χ3v) is 5.97. The highest BCUT2D eigenvalue weighted by Gasteiger charge is 2.29. The summed E-state index contributed by atoms with van der Waals surface area (Å²) in [6.45, 7) is 6.10. The first kappa shape index (κ1) is 21.4. The van der Waals surface area contributed by atoms with Gasteiger partial charge in [-0.05, 0) is 51.0 Å².